The molecule has 0 saturated carbocycles. The van der Waals surface area contributed by atoms with Crippen LogP contribution in [0.1, 0.15) is 19.8 Å². The van der Waals surface area contributed by atoms with Crippen LogP contribution in [-0.4, -0.2) is 40.6 Å². The number of rotatable bonds is 1. The number of carbonyl (C=O) groups is 2. The van der Waals surface area contributed by atoms with Crippen LogP contribution in [0.15, 0.2) is 0 Å². The maximum Gasteiger partial charge on any atom is 0.391 e. The standard InChI is InChI=1S/C9H12F3NO3/c1-5(14)13-3-2-6(9(10,11)12)4-7(13)8(15)16/h6-7H,2-4H2,1H3,(H,15,16). The summed E-state index contributed by atoms with van der Waals surface area (Å²) in [4.78, 5) is 22.8. The van der Waals surface area contributed by atoms with Crippen LogP contribution < -0.4 is 0 Å². The lowest BCUT2D eigenvalue weighted by molar-refractivity contribution is -0.194. The van der Waals surface area contributed by atoms with E-state index in [0.29, 0.717) is 0 Å². The summed E-state index contributed by atoms with van der Waals surface area (Å²) in [5, 5.41) is 8.78. The lowest BCUT2D eigenvalue weighted by Gasteiger charge is -2.37. The molecule has 1 heterocycles. The zero-order valence-corrected chi connectivity index (χ0v) is 8.62. The number of hydrogen-bond donors (Lipinski definition) is 1. The molecule has 92 valence electrons. The third kappa shape index (κ3) is 2.65. The molecule has 2 unspecified atom stereocenters. The lowest BCUT2D eigenvalue weighted by atomic mass is 9.90. The fourth-order valence-electron chi connectivity index (χ4n) is 1.87. The quantitative estimate of drug-likeness (QED) is 0.749. The second-order valence-electron chi connectivity index (χ2n) is 3.83. The van der Waals surface area contributed by atoms with Crippen molar-refractivity contribution in [3.63, 3.8) is 0 Å². The molecule has 1 aliphatic heterocycles. The highest BCUT2D eigenvalue weighted by atomic mass is 19.4. The van der Waals surface area contributed by atoms with Crippen LogP contribution in [0.5, 0.6) is 0 Å². The van der Waals surface area contributed by atoms with Gasteiger partial charge in [-0.25, -0.2) is 4.79 Å². The second-order valence-corrected chi connectivity index (χ2v) is 3.83. The zero-order valence-electron chi connectivity index (χ0n) is 8.62. The Morgan fingerprint density at radius 3 is 2.31 bits per heavy atom. The molecule has 1 rings (SSSR count). The van der Waals surface area contributed by atoms with Crippen molar-refractivity contribution in [3.8, 4) is 0 Å². The van der Waals surface area contributed by atoms with Gasteiger partial charge in [0.05, 0.1) is 5.92 Å². The van der Waals surface area contributed by atoms with Gasteiger partial charge in [0.15, 0.2) is 0 Å². The van der Waals surface area contributed by atoms with E-state index in [-0.39, 0.29) is 13.0 Å². The summed E-state index contributed by atoms with van der Waals surface area (Å²) in [7, 11) is 0. The van der Waals surface area contributed by atoms with Gasteiger partial charge in [-0.05, 0) is 12.8 Å². The molecule has 0 aromatic rings. The Labute approximate surface area is 90.0 Å². The van der Waals surface area contributed by atoms with E-state index in [9.17, 15) is 22.8 Å². The van der Waals surface area contributed by atoms with Crippen LogP contribution in [0.25, 0.3) is 0 Å². The van der Waals surface area contributed by atoms with E-state index in [1.54, 1.807) is 0 Å². The Morgan fingerprint density at radius 1 is 1.38 bits per heavy atom. The van der Waals surface area contributed by atoms with Crippen molar-refractivity contribution in [2.24, 2.45) is 5.92 Å². The molecule has 4 nitrogen and oxygen atoms in total. The predicted octanol–water partition coefficient (Wildman–Crippen LogP) is 1.26. The first-order chi connectivity index (χ1) is 7.23. The Morgan fingerprint density at radius 2 is 1.94 bits per heavy atom. The minimum Gasteiger partial charge on any atom is -0.480 e. The second kappa shape index (κ2) is 4.31. The molecule has 16 heavy (non-hydrogen) atoms. The number of amides is 1. The van der Waals surface area contributed by atoms with Crippen molar-refractivity contribution in [2.45, 2.75) is 32.0 Å². The average molecular weight is 239 g/mol. The number of piperidine rings is 1. The first-order valence-corrected chi connectivity index (χ1v) is 4.80. The van der Waals surface area contributed by atoms with Gasteiger partial charge in [0.2, 0.25) is 5.91 Å². The largest absolute Gasteiger partial charge is 0.480 e. The highest BCUT2D eigenvalue weighted by Gasteiger charge is 2.46. The van der Waals surface area contributed by atoms with Gasteiger partial charge in [0, 0.05) is 13.5 Å². The van der Waals surface area contributed by atoms with Gasteiger partial charge in [0.1, 0.15) is 6.04 Å². The monoisotopic (exact) mass is 239 g/mol. The molecule has 1 aliphatic rings. The molecule has 0 aromatic carbocycles. The molecule has 7 heteroatoms. The SMILES string of the molecule is CC(=O)N1CCC(C(F)(F)F)CC1C(=O)O. The van der Waals surface area contributed by atoms with Crippen LogP contribution in [0.3, 0.4) is 0 Å². The lowest BCUT2D eigenvalue weighted by Crippen LogP contribution is -2.51. The van der Waals surface area contributed by atoms with E-state index in [4.69, 9.17) is 5.11 Å². The fraction of sp³-hybridized carbons (Fsp3) is 0.778. The van der Waals surface area contributed by atoms with Gasteiger partial charge in [-0.15, -0.1) is 0 Å². The maximum absolute atomic E-state index is 12.4. The number of likely N-dealkylation sites (tertiary alicyclic amines) is 1. The van der Waals surface area contributed by atoms with Gasteiger partial charge in [-0.1, -0.05) is 0 Å². The Balaban J connectivity index is 2.81. The Bertz CT molecular complexity index is 303. The summed E-state index contributed by atoms with van der Waals surface area (Å²) in [6.07, 6.45) is -5.18. The van der Waals surface area contributed by atoms with Crippen molar-refractivity contribution < 1.29 is 27.9 Å². The molecular weight excluding hydrogens is 227 g/mol. The molecule has 2 atom stereocenters. The van der Waals surface area contributed by atoms with Gasteiger partial charge in [0.25, 0.3) is 0 Å². The van der Waals surface area contributed by atoms with Crippen LogP contribution in [-0.2, 0) is 9.59 Å². The van der Waals surface area contributed by atoms with Crippen molar-refractivity contribution in [3.05, 3.63) is 0 Å². The zero-order chi connectivity index (χ0) is 12.5. The molecule has 1 N–H and O–H groups in total. The van der Waals surface area contributed by atoms with Gasteiger partial charge in [-0.3, -0.25) is 4.79 Å². The minimum absolute atomic E-state index is 0.156. The molecule has 1 saturated heterocycles. The topological polar surface area (TPSA) is 57.6 Å². The van der Waals surface area contributed by atoms with Crippen LogP contribution in [0, 0.1) is 5.92 Å². The third-order valence-electron chi connectivity index (χ3n) is 2.75. The van der Waals surface area contributed by atoms with Gasteiger partial charge < -0.3 is 10.0 Å². The molecule has 1 amide bonds. The summed E-state index contributed by atoms with van der Waals surface area (Å²) >= 11 is 0. The maximum atomic E-state index is 12.4. The Kier molecular flexibility index (Phi) is 3.44. The summed E-state index contributed by atoms with van der Waals surface area (Å²) in [6.45, 7) is 1.00. The first kappa shape index (κ1) is 12.8. The first-order valence-electron chi connectivity index (χ1n) is 4.80. The number of carbonyl (C=O) groups excluding carboxylic acids is 1. The van der Waals surface area contributed by atoms with E-state index in [2.05, 4.69) is 0 Å². The molecule has 0 spiro atoms. The predicted molar refractivity (Wildman–Crippen MR) is 47.6 cm³/mol. The number of halogens is 3. The molecule has 0 aliphatic carbocycles. The number of aliphatic carboxylic acids is 1. The van der Waals surface area contributed by atoms with Crippen LogP contribution >= 0.6 is 0 Å². The van der Waals surface area contributed by atoms with Crippen LogP contribution in [0.4, 0.5) is 13.2 Å². The number of alkyl halides is 3. The van der Waals surface area contributed by atoms with E-state index >= 15 is 0 Å². The summed E-state index contributed by atoms with van der Waals surface area (Å²) in [6, 6.07) is -1.36. The van der Waals surface area contributed by atoms with E-state index in [0.717, 1.165) is 11.8 Å². The Hall–Kier alpha value is -1.27. The normalized spacial score (nSPS) is 26.6. The summed E-state index contributed by atoms with van der Waals surface area (Å²) < 4.78 is 37.2. The summed E-state index contributed by atoms with van der Waals surface area (Å²) in [5.74, 6) is -3.53. The van der Waals surface area contributed by atoms with E-state index in [1.807, 2.05) is 0 Å². The van der Waals surface area contributed by atoms with Crippen molar-refractivity contribution >= 4 is 11.9 Å². The number of carboxylic acid groups (broad SMARTS) is 1. The fourth-order valence-corrected chi connectivity index (χ4v) is 1.87. The summed E-state index contributed by atoms with van der Waals surface area (Å²) in [5.41, 5.74) is 0. The molecule has 1 fully saturated rings. The van der Waals surface area contributed by atoms with Crippen molar-refractivity contribution in [2.75, 3.05) is 6.54 Å². The average Bonchev–Trinajstić information content (AvgIpc) is 2.15. The number of hydrogen-bond acceptors (Lipinski definition) is 2. The molecule has 0 aromatic heterocycles. The highest BCUT2D eigenvalue weighted by Crippen LogP contribution is 2.36. The number of nitrogens with zero attached hydrogens (tertiary/aromatic N) is 1. The smallest absolute Gasteiger partial charge is 0.391 e. The highest BCUT2D eigenvalue weighted by molar-refractivity contribution is 5.82. The van der Waals surface area contributed by atoms with Crippen molar-refractivity contribution in [1.29, 1.82) is 0 Å². The van der Waals surface area contributed by atoms with Crippen LogP contribution in [0.2, 0.25) is 0 Å². The van der Waals surface area contributed by atoms with Gasteiger partial charge in [-0.2, -0.15) is 13.2 Å². The van der Waals surface area contributed by atoms with E-state index in [1.165, 1.54) is 0 Å². The third-order valence-corrected chi connectivity index (χ3v) is 2.75. The van der Waals surface area contributed by atoms with E-state index < -0.39 is 36.4 Å². The van der Waals surface area contributed by atoms with Crippen molar-refractivity contribution in [1.82, 2.24) is 4.90 Å². The van der Waals surface area contributed by atoms with Gasteiger partial charge >= 0.3 is 12.1 Å². The molecular formula is C9H12F3NO3. The molecule has 0 bridgehead atoms. The number of carboxylic acids is 1. The minimum atomic E-state index is -4.39. The molecule has 0 radical (unpaired) electrons.